The lowest BCUT2D eigenvalue weighted by Gasteiger charge is -2.15. The minimum absolute atomic E-state index is 0.00858. The number of hydrogen-bond donors (Lipinski definition) is 2. The van der Waals surface area contributed by atoms with Gasteiger partial charge in [0.15, 0.2) is 0 Å². The number of nitrogens with zero attached hydrogens (tertiary/aromatic N) is 3. The summed E-state index contributed by atoms with van der Waals surface area (Å²) in [6, 6.07) is 5.68. The van der Waals surface area contributed by atoms with Crippen LogP contribution in [-0.2, 0) is 0 Å². The van der Waals surface area contributed by atoms with Crippen molar-refractivity contribution in [3.63, 3.8) is 0 Å². The van der Waals surface area contributed by atoms with Gasteiger partial charge in [-0.2, -0.15) is 4.98 Å². The van der Waals surface area contributed by atoms with Gasteiger partial charge in [0.05, 0.1) is 0 Å². The molecule has 2 aromatic rings. The van der Waals surface area contributed by atoms with E-state index in [1.54, 1.807) is 6.07 Å². The SMILES string of the molecule is CN(C(=O)c1nc(N)n[nH]1)c1cccc(F)c1. The monoisotopic (exact) mass is 235 g/mol. The lowest BCUT2D eigenvalue weighted by atomic mass is 10.3. The number of nitrogen functional groups attached to an aromatic ring is 1. The Kier molecular flexibility index (Phi) is 2.73. The number of carbonyl (C=O) groups is 1. The topological polar surface area (TPSA) is 87.9 Å². The number of H-pyrrole nitrogens is 1. The zero-order chi connectivity index (χ0) is 12.4. The standard InChI is InChI=1S/C10H10FN5O/c1-16(7-4-2-3-6(11)5-7)9(17)8-13-10(12)15-14-8/h2-5H,1H3,(H3,12,13,14,15). The van der Waals surface area contributed by atoms with Crippen molar-refractivity contribution in [2.75, 3.05) is 17.7 Å². The molecule has 0 saturated carbocycles. The van der Waals surface area contributed by atoms with Crippen LogP contribution in [0, 0.1) is 5.82 Å². The fourth-order valence-electron chi connectivity index (χ4n) is 1.33. The maximum absolute atomic E-state index is 13.0. The van der Waals surface area contributed by atoms with Gasteiger partial charge in [0.2, 0.25) is 11.8 Å². The Bertz CT molecular complexity index is 553. The van der Waals surface area contributed by atoms with Crippen molar-refractivity contribution >= 4 is 17.5 Å². The summed E-state index contributed by atoms with van der Waals surface area (Å²) in [4.78, 5) is 16.8. The van der Waals surface area contributed by atoms with Crippen LogP contribution in [0.5, 0.6) is 0 Å². The summed E-state index contributed by atoms with van der Waals surface area (Å²) in [5, 5.41) is 5.95. The molecule has 17 heavy (non-hydrogen) atoms. The van der Waals surface area contributed by atoms with Crippen LogP contribution in [0.3, 0.4) is 0 Å². The quantitative estimate of drug-likeness (QED) is 0.806. The van der Waals surface area contributed by atoms with Crippen LogP contribution in [0.4, 0.5) is 16.0 Å². The first-order valence-electron chi connectivity index (χ1n) is 4.79. The van der Waals surface area contributed by atoms with Gasteiger partial charge >= 0.3 is 0 Å². The summed E-state index contributed by atoms with van der Waals surface area (Å²) < 4.78 is 13.0. The van der Waals surface area contributed by atoms with Gasteiger partial charge in [0.1, 0.15) is 5.82 Å². The van der Waals surface area contributed by atoms with E-state index in [9.17, 15) is 9.18 Å². The van der Waals surface area contributed by atoms with E-state index < -0.39 is 11.7 Å². The van der Waals surface area contributed by atoms with E-state index in [4.69, 9.17) is 5.73 Å². The van der Waals surface area contributed by atoms with Crippen LogP contribution in [0.2, 0.25) is 0 Å². The van der Waals surface area contributed by atoms with Crippen molar-refractivity contribution in [1.29, 1.82) is 0 Å². The Balaban J connectivity index is 2.26. The number of rotatable bonds is 2. The number of anilines is 2. The molecule has 88 valence electrons. The molecule has 1 aromatic heterocycles. The van der Waals surface area contributed by atoms with E-state index in [-0.39, 0.29) is 11.8 Å². The molecular weight excluding hydrogens is 225 g/mol. The van der Waals surface area contributed by atoms with Gasteiger partial charge in [0.25, 0.3) is 5.91 Å². The van der Waals surface area contributed by atoms with Crippen LogP contribution in [-0.4, -0.2) is 28.1 Å². The lowest BCUT2D eigenvalue weighted by Crippen LogP contribution is -2.27. The van der Waals surface area contributed by atoms with Crippen molar-refractivity contribution in [3.05, 3.63) is 35.9 Å². The minimum atomic E-state index is -0.445. The van der Waals surface area contributed by atoms with Crippen molar-refractivity contribution in [2.45, 2.75) is 0 Å². The zero-order valence-electron chi connectivity index (χ0n) is 9.01. The first kappa shape index (κ1) is 11.1. The van der Waals surface area contributed by atoms with Gasteiger partial charge in [-0.15, -0.1) is 5.10 Å². The lowest BCUT2D eigenvalue weighted by molar-refractivity contribution is 0.0983. The molecule has 0 aliphatic carbocycles. The number of aromatic amines is 1. The minimum Gasteiger partial charge on any atom is -0.366 e. The van der Waals surface area contributed by atoms with Gasteiger partial charge in [-0.05, 0) is 18.2 Å². The first-order chi connectivity index (χ1) is 8.08. The van der Waals surface area contributed by atoms with Crippen molar-refractivity contribution < 1.29 is 9.18 Å². The first-order valence-corrected chi connectivity index (χ1v) is 4.79. The molecule has 0 unspecified atom stereocenters. The Morgan fingerprint density at radius 3 is 2.88 bits per heavy atom. The van der Waals surface area contributed by atoms with Gasteiger partial charge < -0.3 is 10.6 Å². The molecule has 1 aromatic carbocycles. The molecule has 0 aliphatic heterocycles. The number of benzene rings is 1. The maximum atomic E-state index is 13.0. The van der Waals surface area contributed by atoms with Gasteiger partial charge in [-0.1, -0.05) is 6.07 Å². The third-order valence-electron chi connectivity index (χ3n) is 2.21. The second kappa shape index (κ2) is 4.20. The third-order valence-corrected chi connectivity index (χ3v) is 2.21. The largest absolute Gasteiger partial charge is 0.366 e. The molecule has 7 heteroatoms. The molecular formula is C10H10FN5O. The summed E-state index contributed by atoms with van der Waals surface area (Å²) in [5.41, 5.74) is 5.72. The number of amides is 1. The number of halogens is 1. The normalized spacial score (nSPS) is 10.2. The van der Waals surface area contributed by atoms with Crippen LogP contribution in [0.1, 0.15) is 10.6 Å². The molecule has 2 rings (SSSR count). The predicted molar refractivity (Wildman–Crippen MR) is 59.9 cm³/mol. The average Bonchev–Trinajstić information content (AvgIpc) is 2.74. The molecule has 0 fully saturated rings. The van der Waals surface area contributed by atoms with E-state index in [1.807, 2.05) is 0 Å². The molecule has 0 spiro atoms. The van der Waals surface area contributed by atoms with E-state index in [2.05, 4.69) is 15.2 Å². The van der Waals surface area contributed by atoms with Gasteiger partial charge in [-0.3, -0.25) is 9.89 Å². The van der Waals surface area contributed by atoms with E-state index in [0.29, 0.717) is 5.69 Å². The highest BCUT2D eigenvalue weighted by Gasteiger charge is 2.17. The van der Waals surface area contributed by atoms with E-state index in [0.717, 1.165) is 0 Å². The third kappa shape index (κ3) is 2.22. The zero-order valence-corrected chi connectivity index (χ0v) is 9.01. The van der Waals surface area contributed by atoms with Gasteiger partial charge in [-0.25, -0.2) is 4.39 Å². The molecule has 0 saturated heterocycles. The molecule has 3 N–H and O–H groups in total. The smallest absolute Gasteiger partial charge is 0.295 e. The highest BCUT2D eigenvalue weighted by atomic mass is 19.1. The number of aromatic nitrogens is 3. The Hall–Kier alpha value is -2.44. The van der Waals surface area contributed by atoms with Crippen LogP contribution in [0.25, 0.3) is 0 Å². The highest BCUT2D eigenvalue weighted by molar-refractivity contribution is 6.03. The van der Waals surface area contributed by atoms with Crippen LogP contribution >= 0.6 is 0 Å². The second-order valence-corrected chi connectivity index (χ2v) is 3.39. The van der Waals surface area contributed by atoms with E-state index >= 15 is 0 Å². The molecule has 1 heterocycles. The van der Waals surface area contributed by atoms with Crippen molar-refractivity contribution in [3.8, 4) is 0 Å². The Labute approximate surface area is 96.3 Å². The van der Waals surface area contributed by atoms with Gasteiger partial charge in [0, 0.05) is 12.7 Å². The summed E-state index contributed by atoms with van der Waals surface area (Å²) in [6.07, 6.45) is 0. The summed E-state index contributed by atoms with van der Waals surface area (Å²) in [5.74, 6) is -0.866. The predicted octanol–water partition coefficient (Wildman–Crippen LogP) is 0.803. The number of nitrogens with two attached hydrogens (primary N) is 1. The van der Waals surface area contributed by atoms with Crippen LogP contribution < -0.4 is 10.6 Å². The summed E-state index contributed by atoms with van der Waals surface area (Å²) in [6.45, 7) is 0. The molecule has 0 radical (unpaired) electrons. The molecule has 0 aliphatic rings. The number of hydrogen-bond acceptors (Lipinski definition) is 4. The fraction of sp³-hybridized carbons (Fsp3) is 0.100. The maximum Gasteiger partial charge on any atom is 0.295 e. The summed E-state index contributed by atoms with van der Waals surface area (Å²) >= 11 is 0. The van der Waals surface area contributed by atoms with E-state index in [1.165, 1.54) is 30.1 Å². The number of carbonyl (C=O) groups excluding carboxylic acids is 1. The molecule has 0 atom stereocenters. The Morgan fingerprint density at radius 1 is 1.53 bits per heavy atom. The summed E-state index contributed by atoms with van der Waals surface area (Å²) in [7, 11) is 1.51. The molecule has 0 bridgehead atoms. The molecule has 1 amide bonds. The second-order valence-electron chi connectivity index (χ2n) is 3.39. The Morgan fingerprint density at radius 2 is 2.29 bits per heavy atom. The van der Waals surface area contributed by atoms with Crippen molar-refractivity contribution in [2.24, 2.45) is 0 Å². The van der Waals surface area contributed by atoms with Crippen LogP contribution in [0.15, 0.2) is 24.3 Å². The number of nitrogens with one attached hydrogen (secondary N) is 1. The fourth-order valence-corrected chi connectivity index (χ4v) is 1.33. The highest BCUT2D eigenvalue weighted by Crippen LogP contribution is 2.15. The van der Waals surface area contributed by atoms with Crippen molar-refractivity contribution in [1.82, 2.24) is 15.2 Å². The molecule has 6 nitrogen and oxygen atoms in total. The average molecular weight is 235 g/mol.